The van der Waals surface area contributed by atoms with Gasteiger partial charge in [0.05, 0.1) is 16.3 Å². The molecule has 0 spiro atoms. The van der Waals surface area contributed by atoms with Gasteiger partial charge >= 0.3 is 0 Å². The van der Waals surface area contributed by atoms with E-state index in [4.69, 9.17) is 4.74 Å². The number of thiazole rings is 1. The van der Waals surface area contributed by atoms with Gasteiger partial charge in [-0.15, -0.1) is 11.3 Å². The van der Waals surface area contributed by atoms with Crippen molar-refractivity contribution >= 4 is 27.4 Å². The van der Waals surface area contributed by atoms with Crippen LogP contribution in [-0.2, 0) is 0 Å². The van der Waals surface area contributed by atoms with Crippen LogP contribution < -0.4 is 15.6 Å². The van der Waals surface area contributed by atoms with E-state index in [1.54, 1.807) is 0 Å². The maximum Gasteiger partial charge on any atom is 0.298 e. The predicted octanol–water partition coefficient (Wildman–Crippen LogP) is 2.52. The molecule has 2 aliphatic rings. The Bertz CT molecular complexity index is 1080. The average molecular weight is 429 g/mol. The van der Waals surface area contributed by atoms with Crippen LogP contribution in [-0.4, -0.2) is 50.0 Å². The van der Waals surface area contributed by atoms with Crippen molar-refractivity contribution in [3.63, 3.8) is 0 Å². The van der Waals surface area contributed by atoms with E-state index in [0.29, 0.717) is 29.2 Å². The summed E-state index contributed by atoms with van der Waals surface area (Å²) in [4.78, 5) is 25.0. The molecule has 1 aromatic carbocycles. The summed E-state index contributed by atoms with van der Waals surface area (Å²) in [5, 5.41) is 23.5. The van der Waals surface area contributed by atoms with E-state index in [2.05, 4.69) is 20.3 Å². The van der Waals surface area contributed by atoms with E-state index >= 15 is 0 Å². The minimum Gasteiger partial charge on any atom is -0.461 e. The lowest BCUT2D eigenvalue weighted by Crippen LogP contribution is -2.28. The molecule has 0 bridgehead atoms. The summed E-state index contributed by atoms with van der Waals surface area (Å²) in [6.07, 6.45) is 3.62. The standard InChI is InChI=1S/C21H24N4O4S/c26-10-11-8-12(9-15(11)27)22-18-17(20-23-14-6-1-2-7-16(14)30-20)19(28)25-21(24-18)29-13-4-3-5-13/h1-2,6-7,11-13,15,26-27H,3-5,8-10H2,(H2,22,24,25,28). The molecule has 3 atom stereocenters. The molecule has 0 saturated heterocycles. The van der Waals surface area contributed by atoms with Crippen molar-refractivity contribution in [2.45, 2.75) is 50.4 Å². The van der Waals surface area contributed by atoms with Gasteiger partial charge < -0.3 is 20.3 Å². The van der Waals surface area contributed by atoms with Gasteiger partial charge in [-0.05, 0) is 44.2 Å². The van der Waals surface area contributed by atoms with E-state index < -0.39 is 6.10 Å². The Morgan fingerprint density at radius 1 is 1.23 bits per heavy atom. The quantitative estimate of drug-likeness (QED) is 0.476. The van der Waals surface area contributed by atoms with Crippen LogP contribution in [0.2, 0.25) is 0 Å². The minimum absolute atomic E-state index is 0.0666. The maximum absolute atomic E-state index is 13.0. The molecule has 2 saturated carbocycles. The lowest BCUT2D eigenvalue weighted by atomic mass is 9.96. The third-order valence-electron chi connectivity index (χ3n) is 5.97. The number of aliphatic hydroxyl groups is 2. The van der Waals surface area contributed by atoms with Gasteiger partial charge in [-0.3, -0.25) is 9.78 Å². The van der Waals surface area contributed by atoms with Gasteiger partial charge in [0.2, 0.25) is 0 Å². The predicted molar refractivity (Wildman–Crippen MR) is 115 cm³/mol. The van der Waals surface area contributed by atoms with E-state index in [1.807, 2.05) is 24.3 Å². The van der Waals surface area contributed by atoms with Crippen LogP contribution in [0, 0.1) is 5.92 Å². The van der Waals surface area contributed by atoms with Crippen LogP contribution in [0.5, 0.6) is 6.01 Å². The van der Waals surface area contributed by atoms with Gasteiger partial charge in [0.25, 0.3) is 11.6 Å². The number of nitrogens with zero attached hydrogens (tertiary/aromatic N) is 2. The molecule has 2 aliphatic carbocycles. The van der Waals surface area contributed by atoms with Gasteiger partial charge in [-0.25, -0.2) is 4.98 Å². The molecule has 5 rings (SSSR count). The molecule has 8 nitrogen and oxygen atoms in total. The molecule has 9 heteroatoms. The Morgan fingerprint density at radius 3 is 2.77 bits per heavy atom. The molecule has 0 aliphatic heterocycles. The van der Waals surface area contributed by atoms with Crippen LogP contribution in [0.3, 0.4) is 0 Å². The monoisotopic (exact) mass is 428 g/mol. The number of aromatic nitrogens is 3. The van der Waals surface area contributed by atoms with Crippen molar-refractivity contribution in [1.29, 1.82) is 0 Å². The van der Waals surface area contributed by atoms with E-state index in [0.717, 1.165) is 29.5 Å². The van der Waals surface area contributed by atoms with Crippen LogP contribution >= 0.6 is 11.3 Å². The second kappa shape index (κ2) is 7.98. The van der Waals surface area contributed by atoms with E-state index in [1.165, 1.54) is 11.3 Å². The smallest absolute Gasteiger partial charge is 0.298 e. The Hall–Kier alpha value is -2.49. The fourth-order valence-corrected chi connectivity index (χ4v) is 5.06. The molecule has 0 amide bonds. The molecular formula is C21H24N4O4S. The van der Waals surface area contributed by atoms with Crippen LogP contribution in [0.25, 0.3) is 20.8 Å². The zero-order valence-corrected chi connectivity index (χ0v) is 17.2. The van der Waals surface area contributed by atoms with Gasteiger partial charge in [0.1, 0.15) is 22.5 Å². The Morgan fingerprint density at radius 2 is 2.07 bits per heavy atom. The highest BCUT2D eigenvalue weighted by Crippen LogP contribution is 2.35. The zero-order valence-electron chi connectivity index (χ0n) is 16.4. The number of hydrogen-bond donors (Lipinski definition) is 4. The van der Waals surface area contributed by atoms with Gasteiger partial charge in [-0.2, -0.15) is 4.98 Å². The number of nitrogens with one attached hydrogen (secondary N) is 2. The van der Waals surface area contributed by atoms with E-state index in [9.17, 15) is 15.0 Å². The highest BCUT2D eigenvalue weighted by molar-refractivity contribution is 7.21. The molecule has 2 aromatic heterocycles. The summed E-state index contributed by atoms with van der Waals surface area (Å²) in [5.41, 5.74) is 0.895. The van der Waals surface area contributed by atoms with Crippen molar-refractivity contribution in [3.05, 3.63) is 34.6 Å². The van der Waals surface area contributed by atoms with Crippen LogP contribution in [0.15, 0.2) is 29.1 Å². The average Bonchev–Trinajstić information content (AvgIpc) is 3.27. The first-order valence-electron chi connectivity index (χ1n) is 10.3. The number of ether oxygens (including phenoxy) is 1. The third-order valence-corrected chi connectivity index (χ3v) is 7.02. The lowest BCUT2D eigenvalue weighted by Gasteiger charge is -2.25. The molecule has 2 fully saturated rings. The van der Waals surface area contributed by atoms with Gasteiger partial charge in [0, 0.05) is 18.6 Å². The number of H-pyrrole nitrogens is 1. The second-order valence-electron chi connectivity index (χ2n) is 8.07. The Balaban J connectivity index is 1.53. The number of rotatable bonds is 6. The van der Waals surface area contributed by atoms with Crippen molar-refractivity contribution < 1.29 is 14.9 Å². The number of para-hydroxylation sites is 1. The first-order valence-corrected chi connectivity index (χ1v) is 11.1. The fourth-order valence-electron chi connectivity index (χ4n) is 4.05. The van der Waals surface area contributed by atoms with Crippen LogP contribution in [0.4, 0.5) is 5.82 Å². The lowest BCUT2D eigenvalue weighted by molar-refractivity contribution is 0.0908. The SMILES string of the molecule is O=c1[nH]c(OC2CCC2)nc(NC2CC(O)C(CO)C2)c1-c1nc2ccccc2s1. The summed E-state index contributed by atoms with van der Waals surface area (Å²) in [7, 11) is 0. The molecule has 158 valence electrons. The highest BCUT2D eigenvalue weighted by atomic mass is 32.1. The Labute approximate surface area is 177 Å². The fraction of sp³-hybridized carbons (Fsp3) is 0.476. The van der Waals surface area contributed by atoms with Crippen molar-refractivity contribution in [2.75, 3.05) is 11.9 Å². The molecular weight excluding hydrogens is 404 g/mol. The van der Waals surface area contributed by atoms with Crippen molar-refractivity contribution in [3.8, 4) is 16.6 Å². The van der Waals surface area contributed by atoms with Crippen molar-refractivity contribution in [2.24, 2.45) is 5.92 Å². The van der Waals surface area contributed by atoms with Crippen LogP contribution in [0.1, 0.15) is 32.1 Å². The Kier molecular flexibility index (Phi) is 5.18. The molecule has 30 heavy (non-hydrogen) atoms. The number of aliphatic hydroxyl groups excluding tert-OH is 2. The normalized spacial score (nSPS) is 24.1. The topological polar surface area (TPSA) is 120 Å². The largest absolute Gasteiger partial charge is 0.461 e. The van der Waals surface area contributed by atoms with Gasteiger partial charge in [-0.1, -0.05) is 12.1 Å². The molecule has 3 aromatic rings. The number of fused-ring (bicyclic) bond motifs is 1. The first-order chi connectivity index (χ1) is 14.6. The maximum atomic E-state index is 13.0. The molecule has 3 unspecified atom stereocenters. The van der Waals surface area contributed by atoms with E-state index in [-0.39, 0.29) is 36.2 Å². The molecule has 0 radical (unpaired) electrons. The highest BCUT2D eigenvalue weighted by Gasteiger charge is 2.33. The van der Waals surface area contributed by atoms with Crippen molar-refractivity contribution in [1.82, 2.24) is 15.0 Å². The molecule has 4 N–H and O–H groups in total. The number of benzene rings is 1. The summed E-state index contributed by atoms with van der Waals surface area (Å²) in [5.74, 6) is 0.226. The summed E-state index contributed by atoms with van der Waals surface area (Å²) < 4.78 is 6.83. The first kappa shape index (κ1) is 19.5. The minimum atomic E-state index is -0.578. The summed E-state index contributed by atoms with van der Waals surface area (Å²) in [6.45, 7) is -0.0666. The summed E-state index contributed by atoms with van der Waals surface area (Å²) >= 11 is 1.44. The van der Waals surface area contributed by atoms with Gasteiger partial charge in [0.15, 0.2) is 0 Å². The molecule has 2 heterocycles. The third kappa shape index (κ3) is 3.68. The number of anilines is 1. The zero-order chi connectivity index (χ0) is 20.7. The number of aromatic amines is 1. The number of hydrogen-bond acceptors (Lipinski definition) is 8. The second-order valence-corrected chi connectivity index (χ2v) is 9.11. The summed E-state index contributed by atoms with van der Waals surface area (Å²) in [6, 6.07) is 7.84.